The van der Waals surface area contributed by atoms with Crippen LogP contribution < -0.4 is 5.32 Å². The van der Waals surface area contributed by atoms with Crippen LogP contribution in [-0.4, -0.2) is 63.5 Å². The van der Waals surface area contributed by atoms with E-state index in [1.54, 1.807) is 7.11 Å². The van der Waals surface area contributed by atoms with Crippen molar-refractivity contribution in [2.45, 2.75) is 39.8 Å². The minimum Gasteiger partial charge on any atom is -0.382 e. The summed E-state index contributed by atoms with van der Waals surface area (Å²) in [5.41, 5.74) is 0. The maximum absolute atomic E-state index is 5.37. The second-order valence-electron chi connectivity index (χ2n) is 4.78. The molecule has 0 aromatic rings. The molecule has 0 bridgehead atoms. The molecule has 0 fully saturated rings. The molecule has 0 saturated heterocycles. The zero-order valence-electron chi connectivity index (χ0n) is 12.2. The standard InChI is InChI=1S/C13H30N2O2/c1-12(2)15(13(3)4)8-6-14-7-9-17-11-10-16-5/h12-14H,6-11H2,1-5H3. The van der Waals surface area contributed by atoms with Gasteiger partial charge in [-0.1, -0.05) is 0 Å². The Hall–Kier alpha value is -0.160. The minimum absolute atomic E-state index is 0.606. The molecule has 0 saturated carbocycles. The van der Waals surface area contributed by atoms with Crippen molar-refractivity contribution in [2.24, 2.45) is 0 Å². The zero-order chi connectivity index (χ0) is 13.1. The SMILES string of the molecule is COCCOCCNCCN(C(C)C)C(C)C. The van der Waals surface area contributed by atoms with Gasteiger partial charge in [0.15, 0.2) is 0 Å². The number of methoxy groups -OCH3 is 1. The van der Waals surface area contributed by atoms with E-state index in [-0.39, 0.29) is 0 Å². The highest BCUT2D eigenvalue weighted by atomic mass is 16.5. The molecule has 0 aliphatic heterocycles. The van der Waals surface area contributed by atoms with Gasteiger partial charge in [0, 0.05) is 38.8 Å². The first-order valence-corrected chi connectivity index (χ1v) is 6.62. The van der Waals surface area contributed by atoms with Gasteiger partial charge in [-0.15, -0.1) is 0 Å². The molecule has 0 aromatic carbocycles. The lowest BCUT2D eigenvalue weighted by atomic mass is 10.2. The smallest absolute Gasteiger partial charge is 0.0700 e. The van der Waals surface area contributed by atoms with Crippen molar-refractivity contribution in [1.29, 1.82) is 0 Å². The number of hydrogen-bond donors (Lipinski definition) is 1. The molecule has 0 spiro atoms. The van der Waals surface area contributed by atoms with Gasteiger partial charge in [-0.3, -0.25) is 4.90 Å². The van der Waals surface area contributed by atoms with E-state index in [2.05, 4.69) is 37.9 Å². The number of hydrogen-bond acceptors (Lipinski definition) is 4. The molecule has 0 rings (SSSR count). The van der Waals surface area contributed by atoms with Gasteiger partial charge in [-0.25, -0.2) is 0 Å². The Kier molecular flexibility index (Phi) is 10.9. The quantitative estimate of drug-likeness (QED) is 0.558. The highest BCUT2D eigenvalue weighted by molar-refractivity contribution is 4.68. The van der Waals surface area contributed by atoms with E-state index in [0.29, 0.717) is 25.3 Å². The van der Waals surface area contributed by atoms with Gasteiger partial charge in [0.2, 0.25) is 0 Å². The molecular formula is C13H30N2O2. The predicted octanol–water partition coefficient (Wildman–Crippen LogP) is 1.36. The second-order valence-corrected chi connectivity index (χ2v) is 4.78. The lowest BCUT2D eigenvalue weighted by Crippen LogP contribution is -2.41. The molecule has 0 amide bonds. The molecule has 0 aromatic heterocycles. The number of nitrogens with zero attached hydrogens (tertiary/aromatic N) is 1. The first kappa shape index (κ1) is 16.8. The predicted molar refractivity (Wildman–Crippen MR) is 72.5 cm³/mol. The average Bonchev–Trinajstić information content (AvgIpc) is 2.26. The van der Waals surface area contributed by atoms with E-state index in [1.165, 1.54) is 0 Å². The Balaban J connectivity index is 3.37. The third kappa shape index (κ3) is 9.53. The number of nitrogens with one attached hydrogen (secondary N) is 1. The Labute approximate surface area is 107 Å². The zero-order valence-corrected chi connectivity index (χ0v) is 12.2. The Morgan fingerprint density at radius 1 is 0.941 bits per heavy atom. The Morgan fingerprint density at radius 2 is 1.59 bits per heavy atom. The maximum Gasteiger partial charge on any atom is 0.0700 e. The normalized spacial score (nSPS) is 12.0. The van der Waals surface area contributed by atoms with E-state index >= 15 is 0 Å². The number of ether oxygens (including phenoxy) is 2. The molecule has 0 aliphatic carbocycles. The molecule has 0 unspecified atom stereocenters. The van der Waals surface area contributed by atoms with Crippen LogP contribution in [0.1, 0.15) is 27.7 Å². The molecule has 17 heavy (non-hydrogen) atoms. The van der Waals surface area contributed by atoms with Crippen LogP contribution in [0, 0.1) is 0 Å². The van der Waals surface area contributed by atoms with E-state index < -0.39 is 0 Å². The largest absolute Gasteiger partial charge is 0.382 e. The van der Waals surface area contributed by atoms with E-state index in [0.717, 1.165) is 26.2 Å². The summed E-state index contributed by atoms with van der Waals surface area (Å²) >= 11 is 0. The highest BCUT2D eigenvalue weighted by Gasteiger charge is 2.11. The average molecular weight is 246 g/mol. The molecule has 104 valence electrons. The van der Waals surface area contributed by atoms with Gasteiger partial charge in [0.1, 0.15) is 0 Å². The first-order chi connectivity index (χ1) is 8.09. The Bertz CT molecular complexity index is 155. The van der Waals surface area contributed by atoms with Crippen LogP contribution in [0.4, 0.5) is 0 Å². The van der Waals surface area contributed by atoms with Gasteiger partial charge in [0.25, 0.3) is 0 Å². The maximum atomic E-state index is 5.37. The minimum atomic E-state index is 0.606. The second kappa shape index (κ2) is 11.0. The summed E-state index contributed by atoms with van der Waals surface area (Å²) in [6.07, 6.45) is 0. The highest BCUT2D eigenvalue weighted by Crippen LogP contribution is 2.02. The summed E-state index contributed by atoms with van der Waals surface area (Å²) in [5, 5.41) is 3.40. The van der Waals surface area contributed by atoms with Crippen molar-refractivity contribution in [3.05, 3.63) is 0 Å². The van der Waals surface area contributed by atoms with E-state index in [1.807, 2.05) is 0 Å². The molecule has 1 N–H and O–H groups in total. The van der Waals surface area contributed by atoms with Crippen LogP contribution >= 0.6 is 0 Å². The van der Waals surface area contributed by atoms with Crippen LogP contribution in [-0.2, 0) is 9.47 Å². The fourth-order valence-electron chi connectivity index (χ4n) is 1.83. The summed E-state index contributed by atoms with van der Waals surface area (Å²) in [6.45, 7) is 14.1. The van der Waals surface area contributed by atoms with Gasteiger partial charge in [-0.05, 0) is 27.7 Å². The van der Waals surface area contributed by atoms with Crippen molar-refractivity contribution < 1.29 is 9.47 Å². The summed E-state index contributed by atoms with van der Waals surface area (Å²) in [6, 6.07) is 1.21. The van der Waals surface area contributed by atoms with Crippen molar-refractivity contribution in [1.82, 2.24) is 10.2 Å². The van der Waals surface area contributed by atoms with Crippen LogP contribution in [0.2, 0.25) is 0 Å². The fourth-order valence-corrected chi connectivity index (χ4v) is 1.83. The van der Waals surface area contributed by atoms with Crippen molar-refractivity contribution in [3.8, 4) is 0 Å². The topological polar surface area (TPSA) is 33.7 Å². The van der Waals surface area contributed by atoms with Gasteiger partial charge < -0.3 is 14.8 Å². The molecule has 0 aliphatic rings. The van der Waals surface area contributed by atoms with Crippen LogP contribution in [0.3, 0.4) is 0 Å². The fraction of sp³-hybridized carbons (Fsp3) is 1.00. The monoisotopic (exact) mass is 246 g/mol. The molecule has 0 radical (unpaired) electrons. The molecule has 4 nitrogen and oxygen atoms in total. The molecular weight excluding hydrogens is 216 g/mol. The van der Waals surface area contributed by atoms with Crippen LogP contribution in [0.15, 0.2) is 0 Å². The molecule has 4 heteroatoms. The van der Waals surface area contributed by atoms with Crippen molar-refractivity contribution >= 4 is 0 Å². The van der Waals surface area contributed by atoms with Crippen LogP contribution in [0.5, 0.6) is 0 Å². The summed E-state index contributed by atoms with van der Waals surface area (Å²) < 4.78 is 10.3. The van der Waals surface area contributed by atoms with Gasteiger partial charge in [0.05, 0.1) is 19.8 Å². The van der Waals surface area contributed by atoms with Crippen molar-refractivity contribution in [2.75, 3.05) is 46.6 Å². The molecule has 0 heterocycles. The summed E-state index contributed by atoms with van der Waals surface area (Å²) in [5.74, 6) is 0. The van der Waals surface area contributed by atoms with Crippen LogP contribution in [0.25, 0.3) is 0 Å². The summed E-state index contributed by atoms with van der Waals surface area (Å²) in [4.78, 5) is 2.48. The summed E-state index contributed by atoms with van der Waals surface area (Å²) in [7, 11) is 1.69. The third-order valence-electron chi connectivity index (χ3n) is 2.73. The lowest BCUT2D eigenvalue weighted by Gasteiger charge is -2.30. The lowest BCUT2D eigenvalue weighted by molar-refractivity contribution is 0.0714. The van der Waals surface area contributed by atoms with E-state index in [4.69, 9.17) is 9.47 Å². The first-order valence-electron chi connectivity index (χ1n) is 6.62. The number of rotatable bonds is 11. The van der Waals surface area contributed by atoms with E-state index in [9.17, 15) is 0 Å². The third-order valence-corrected chi connectivity index (χ3v) is 2.73. The van der Waals surface area contributed by atoms with Gasteiger partial charge in [-0.2, -0.15) is 0 Å². The Morgan fingerprint density at radius 3 is 2.12 bits per heavy atom. The van der Waals surface area contributed by atoms with Crippen molar-refractivity contribution in [3.63, 3.8) is 0 Å². The molecule has 0 atom stereocenters. The van der Waals surface area contributed by atoms with Gasteiger partial charge >= 0.3 is 0 Å².